The van der Waals surface area contributed by atoms with E-state index in [1.807, 2.05) is 24.4 Å². The number of amides is 3. The minimum Gasteiger partial charge on any atom is -0.319 e. The highest BCUT2D eigenvalue weighted by atomic mass is 32.1. The zero-order chi connectivity index (χ0) is 16.9. The van der Waals surface area contributed by atoms with Crippen molar-refractivity contribution in [1.82, 2.24) is 10.2 Å². The number of ketones is 1. The fraction of sp³-hybridized carbons (Fsp3) is 0.353. The number of rotatable bonds is 3. The van der Waals surface area contributed by atoms with Crippen molar-refractivity contribution in [3.8, 4) is 0 Å². The summed E-state index contributed by atoms with van der Waals surface area (Å²) in [6.07, 6.45) is 2.38. The first-order valence-electron chi connectivity index (χ1n) is 7.82. The Hall–Kier alpha value is -1.99. The van der Waals surface area contributed by atoms with Crippen molar-refractivity contribution < 1.29 is 14.4 Å². The summed E-state index contributed by atoms with van der Waals surface area (Å²) in [5, 5.41) is 4.83. The molecule has 0 unspecified atom stereocenters. The fourth-order valence-electron chi connectivity index (χ4n) is 3.49. The Labute approximate surface area is 147 Å². The monoisotopic (exact) mass is 360 g/mol. The minimum atomic E-state index is -0.976. The van der Waals surface area contributed by atoms with E-state index in [0.29, 0.717) is 11.3 Å². The van der Waals surface area contributed by atoms with Gasteiger partial charge in [-0.1, -0.05) is 0 Å². The molecule has 1 fully saturated rings. The average Bonchev–Trinajstić information content (AvgIpc) is 3.24. The van der Waals surface area contributed by atoms with Gasteiger partial charge in [0, 0.05) is 15.3 Å². The van der Waals surface area contributed by atoms with E-state index in [1.54, 1.807) is 17.4 Å². The molecule has 0 radical (unpaired) electrons. The van der Waals surface area contributed by atoms with Crippen molar-refractivity contribution in [1.29, 1.82) is 0 Å². The fourth-order valence-corrected chi connectivity index (χ4v) is 5.29. The first-order chi connectivity index (χ1) is 11.5. The molecule has 1 saturated heterocycles. The first kappa shape index (κ1) is 15.5. The van der Waals surface area contributed by atoms with E-state index < -0.39 is 11.6 Å². The number of Topliss-reactive ketones (excluding diaryl/α,β-unsaturated/α-hetero) is 1. The maximum absolute atomic E-state index is 13.0. The van der Waals surface area contributed by atoms with Gasteiger partial charge in [0.25, 0.3) is 5.91 Å². The lowest BCUT2D eigenvalue weighted by Crippen LogP contribution is -2.46. The quantitative estimate of drug-likeness (QED) is 0.676. The third-order valence-electron chi connectivity index (χ3n) is 4.65. The molecule has 2 aromatic heterocycles. The number of hydrogen-bond acceptors (Lipinski definition) is 5. The summed E-state index contributed by atoms with van der Waals surface area (Å²) in [4.78, 5) is 41.7. The lowest BCUT2D eigenvalue weighted by Gasteiger charge is -2.31. The second-order valence-electron chi connectivity index (χ2n) is 6.17. The van der Waals surface area contributed by atoms with Crippen LogP contribution in [-0.4, -0.2) is 29.2 Å². The van der Waals surface area contributed by atoms with Crippen LogP contribution in [0.5, 0.6) is 0 Å². The SMILES string of the molecule is Cc1ccc(C(=O)CN2C(=O)N[C@@]3(CCCc4sccc43)C2=O)s1. The van der Waals surface area contributed by atoms with Gasteiger partial charge in [-0.15, -0.1) is 22.7 Å². The Morgan fingerprint density at radius 3 is 2.92 bits per heavy atom. The molecule has 1 aliphatic carbocycles. The van der Waals surface area contributed by atoms with Crippen molar-refractivity contribution in [2.75, 3.05) is 6.54 Å². The molecule has 4 rings (SSSR count). The zero-order valence-electron chi connectivity index (χ0n) is 13.1. The number of nitrogens with zero attached hydrogens (tertiary/aromatic N) is 1. The molecule has 1 atom stereocenters. The number of carbonyl (C=O) groups is 3. The molecule has 2 aromatic rings. The van der Waals surface area contributed by atoms with Gasteiger partial charge in [0.15, 0.2) is 5.78 Å². The van der Waals surface area contributed by atoms with Crippen LogP contribution in [0.3, 0.4) is 0 Å². The van der Waals surface area contributed by atoms with Crippen LogP contribution in [0.25, 0.3) is 0 Å². The molecule has 124 valence electrons. The van der Waals surface area contributed by atoms with Crippen molar-refractivity contribution >= 4 is 40.4 Å². The Kier molecular flexibility index (Phi) is 3.58. The Morgan fingerprint density at radius 2 is 2.17 bits per heavy atom. The summed E-state index contributed by atoms with van der Waals surface area (Å²) in [5.74, 6) is -0.497. The van der Waals surface area contributed by atoms with Gasteiger partial charge in [-0.2, -0.15) is 0 Å². The summed E-state index contributed by atoms with van der Waals surface area (Å²) < 4.78 is 0. The molecule has 2 aliphatic rings. The van der Waals surface area contributed by atoms with Gasteiger partial charge in [0.05, 0.1) is 11.4 Å². The third-order valence-corrected chi connectivity index (χ3v) is 6.68. The molecule has 3 heterocycles. The van der Waals surface area contributed by atoms with Crippen LogP contribution < -0.4 is 5.32 Å². The Morgan fingerprint density at radius 1 is 1.33 bits per heavy atom. The van der Waals surface area contributed by atoms with Gasteiger partial charge in [-0.05, 0) is 49.8 Å². The van der Waals surface area contributed by atoms with Crippen LogP contribution in [0.1, 0.15) is 37.8 Å². The lowest BCUT2D eigenvalue weighted by atomic mass is 9.80. The van der Waals surface area contributed by atoms with E-state index in [-0.39, 0.29) is 18.2 Å². The van der Waals surface area contributed by atoms with Crippen molar-refractivity contribution in [3.05, 3.63) is 43.8 Å². The van der Waals surface area contributed by atoms with Gasteiger partial charge in [-0.25, -0.2) is 4.79 Å². The summed E-state index contributed by atoms with van der Waals surface area (Å²) in [6.45, 7) is 1.72. The molecular formula is C17H16N2O3S2. The van der Waals surface area contributed by atoms with E-state index in [9.17, 15) is 14.4 Å². The van der Waals surface area contributed by atoms with E-state index in [1.165, 1.54) is 11.3 Å². The van der Waals surface area contributed by atoms with Gasteiger partial charge < -0.3 is 5.32 Å². The van der Waals surface area contributed by atoms with Crippen LogP contribution in [-0.2, 0) is 16.8 Å². The maximum Gasteiger partial charge on any atom is 0.325 e. The molecule has 3 amide bonds. The van der Waals surface area contributed by atoms with Crippen LogP contribution in [0.15, 0.2) is 23.6 Å². The topological polar surface area (TPSA) is 66.5 Å². The second kappa shape index (κ2) is 5.53. The molecule has 24 heavy (non-hydrogen) atoms. The number of hydrogen-bond donors (Lipinski definition) is 1. The van der Waals surface area contributed by atoms with Crippen molar-refractivity contribution in [3.63, 3.8) is 0 Å². The zero-order valence-corrected chi connectivity index (χ0v) is 14.8. The number of nitrogens with one attached hydrogen (secondary N) is 1. The second-order valence-corrected chi connectivity index (χ2v) is 8.46. The summed E-state index contributed by atoms with van der Waals surface area (Å²) in [5.41, 5.74) is -0.0740. The minimum absolute atomic E-state index is 0.199. The maximum atomic E-state index is 13.0. The first-order valence-corrected chi connectivity index (χ1v) is 9.51. The molecule has 5 nitrogen and oxygen atoms in total. The van der Waals surface area contributed by atoms with Crippen LogP contribution in [0.2, 0.25) is 0 Å². The standard InChI is InChI=1S/C17H16N2O3S2/c1-10-4-5-14(24-10)12(20)9-19-15(21)17(18-16(19)22)7-2-3-13-11(17)6-8-23-13/h4-6,8H,2-3,7,9H2,1H3,(H,18,22)/t17-/m1/s1. The summed E-state index contributed by atoms with van der Waals surface area (Å²) >= 11 is 3.00. The van der Waals surface area contributed by atoms with E-state index in [2.05, 4.69) is 5.32 Å². The van der Waals surface area contributed by atoms with Crippen LogP contribution in [0, 0.1) is 6.92 Å². The van der Waals surface area contributed by atoms with Crippen LogP contribution >= 0.6 is 22.7 Å². The number of thiophene rings is 2. The Bertz CT molecular complexity index is 854. The highest BCUT2D eigenvalue weighted by Gasteiger charge is 2.54. The summed E-state index contributed by atoms with van der Waals surface area (Å²) in [7, 11) is 0. The molecular weight excluding hydrogens is 344 g/mol. The van der Waals surface area contributed by atoms with Gasteiger partial charge in [0.2, 0.25) is 0 Å². The Balaban J connectivity index is 1.62. The lowest BCUT2D eigenvalue weighted by molar-refractivity contribution is -0.131. The van der Waals surface area contributed by atoms with E-state index >= 15 is 0 Å². The smallest absolute Gasteiger partial charge is 0.319 e. The highest BCUT2D eigenvalue weighted by Crippen LogP contribution is 2.42. The number of carbonyl (C=O) groups excluding carboxylic acids is 3. The number of fused-ring (bicyclic) bond motifs is 2. The van der Waals surface area contributed by atoms with Crippen LogP contribution in [0.4, 0.5) is 4.79 Å². The highest BCUT2D eigenvalue weighted by molar-refractivity contribution is 7.14. The molecule has 0 saturated carbocycles. The van der Waals surface area contributed by atoms with E-state index in [4.69, 9.17) is 0 Å². The molecule has 0 aromatic carbocycles. The average molecular weight is 360 g/mol. The van der Waals surface area contributed by atoms with Gasteiger partial charge >= 0.3 is 6.03 Å². The van der Waals surface area contributed by atoms with Gasteiger partial charge in [-0.3, -0.25) is 14.5 Å². The third kappa shape index (κ3) is 2.22. The predicted molar refractivity (Wildman–Crippen MR) is 92.6 cm³/mol. The summed E-state index contributed by atoms with van der Waals surface area (Å²) in [6, 6.07) is 5.06. The van der Waals surface area contributed by atoms with Gasteiger partial charge in [0.1, 0.15) is 5.54 Å². The molecule has 1 aliphatic heterocycles. The molecule has 1 N–H and O–H groups in total. The van der Waals surface area contributed by atoms with Crippen molar-refractivity contribution in [2.45, 2.75) is 31.7 Å². The molecule has 1 spiro atoms. The number of imide groups is 1. The molecule has 7 heteroatoms. The normalized spacial score (nSPS) is 22.8. The predicted octanol–water partition coefficient (Wildman–Crippen LogP) is 3.08. The molecule has 0 bridgehead atoms. The largest absolute Gasteiger partial charge is 0.325 e. The number of aryl methyl sites for hydroxylation is 2. The van der Waals surface area contributed by atoms with Crippen molar-refractivity contribution in [2.24, 2.45) is 0 Å². The van der Waals surface area contributed by atoms with E-state index in [0.717, 1.165) is 33.1 Å². The number of urea groups is 1.